The molecular formula is C14H19BN2O4. The number of likely N-dealkylation sites (tertiary alicyclic amines) is 1. The Morgan fingerprint density at radius 2 is 1.14 bits per heavy atom. The minimum Gasteiger partial charge on any atom is -0.336 e. The molecule has 0 aromatic carbocycles. The van der Waals surface area contributed by atoms with Gasteiger partial charge in [0.15, 0.2) is 0 Å². The molecule has 2 aliphatic heterocycles. The summed E-state index contributed by atoms with van der Waals surface area (Å²) in [5.41, 5.74) is 0. The maximum absolute atomic E-state index is 12.3. The number of rotatable bonds is 0. The lowest BCUT2D eigenvalue weighted by molar-refractivity contribution is -0.154. The van der Waals surface area contributed by atoms with Crippen LogP contribution in [0.15, 0.2) is 0 Å². The van der Waals surface area contributed by atoms with Crippen molar-refractivity contribution in [2.75, 3.05) is 7.05 Å². The Morgan fingerprint density at radius 1 is 0.762 bits per heavy atom. The smallest absolute Gasteiger partial charge is 0.232 e. The van der Waals surface area contributed by atoms with Crippen molar-refractivity contribution in [3.63, 3.8) is 0 Å². The standard InChI is InChI=1S/C14H19BN2O4/c1-16-11(18)7-2-3-8-5-10(6-9(4-7)12(16)19)14(21)17(15)13(8)20/h7-10H,2-6,15H2,1H3. The Labute approximate surface area is 124 Å². The minimum atomic E-state index is -0.271. The molecule has 0 aromatic rings. The molecule has 1 aliphatic carbocycles. The van der Waals surface area contributed by atoms with Crippen LogP contribution in [0.1, 0.15) is 32.1 Å². The molecule has 0 radical (unpaired) electrons. The van der Waals surface area contributed by atoms with Gasteiger partial charge < -0.3 is 4.81 Å². The average Bonchev–Trinajstić information content (AvgIpc) is 2.55. The van der Waals surface area contributed by atoms with Gasteiger partial charge in [0.25, 0.3) is 0 Å². The third-order valence-electron chi connectivity index (χ3n) is 5.29. The summed E-state index contributed by atoms with van der Waals surface area (Å²) in [4.78, 5) is 51.3. The van der Waals surface area contributed by atoms with E-state index in [4.69, 9.17) is 0 Å². The third-order valence-corrected chi connectivity index (χ3v) is 5.29. The SMILES string of the molecule is BN1C(=O)C2CCC3CC(CC(C2)C1=O)C(=O)N(C)C3=O. The number of hydrogen-bond donors (Lipinski definition) is 0. The Kier molecular flexibility index (Phi) is 3.38. The lowest BCUT2D eigenvalue weighted by atomic mass is 9.79. The van der Waals surface area contributed by atoms with Gasteiger partial charge in [-0.2, -0.15) is 0 Å². The van der Waals surface area contributed by atoms with Gasteiger partial charge in [-0.25, -0.2) is 0 Å². The first-order chi connectivity index (χ1) is 9.90. The van der Waals surface area contributed by atoms with Crippen molar-refractivity contribution in [2.24, 2.45) is 23.7 Å². The van der Waals surface area contributed by atoms with Crippen LogP contribution >= 0.6 is 0 Å². The molecule has 1 saturated carbocycles. The van der Waals surface area contributed by atoms with Gasteiger partial charge in [0, 0.05) is 30.7 Å². The van der Waals surface area contributed by atoms with Crippen molar-refractivity contribution < 1.29 is 19.2 Å². The highest BCUT2D eigenvalue weighted by Crippen LogP contribution is 2.39. The summed E-state index contributed by atoms with van der Waals surface area (Å²) in [6.45, 7) is 0. The van der Waals surface area contributed by atoms with Crippen LogP contribution in [-0.2, 0) is 19.2 Å². The zero-order chi connectivity index (χ0) is 15.3. The molecule has 2 saturated heterocycles. The number of carbonyl (C=O) groups excluding carboxylic acids is 4. The molecule has 4 unspecified atom stereocenters. The number of nitrogens with zero attached hydrogens (tertiary/aromatic N) is 2. The van der Waals surface area contributed by atoms with E-state index >= 15 is 0 Å². The van der Waals surface area contributed by atoms with Crippen LogP contribution in [0, 0.1) is 23.7 Å². The summed E-state index contributed by atoms with van der Waals surface area (Å²) in [5.74, 6) is -1.56. The van der Waals surface area contributed by atoms with Crippen molar-refractivity contribution in [1.29, 1.82) is 0 Å². The van der Waals surface area contributed by atoms with Gasteiger partial charge in [0.1, 0.15) is 0 Å². The first-order valence-corrected chi connectivity index (χ1v) is 7.53. The molecule has 0 N–H and O–H groups in total. The van der Waals surface area contributed by atoms with Crippen LogP contribution in [0.3, 0.4) is 0 Å². The molecule has 4 atom stereocenters. The van der Waals surface area contributed by atoms with Crippen LogP contribution in [0.5, 0.6) is 0 Å². The van der Waals surface area contributed by atoms with E-state index in [9.17, 15) is 19.2 Å². The molecule has 3 fully saturated rings. The number of fused-ring (bicyclic) bond motifs is 4. The van der Waals surface area contributed by atoms with E-state index in [-0.39, 0.29) is 47.3 Å². The van der Waals surface area contributed by atoms with Gasteiger partial charge in [-0.3, -0.25) is 24.1 Å². The van der Waals surface area contributed by atoms with Crippen LogP contribution in [0.4, 0.5) is 0 Å². The Morgan fingerprint density at radius 3 is 1.76 bits per heavy atom. The van der Waals surface area contributed by atoms with Crippen molar-refractivity contribution in [1.82, 2.24) is 9.71 Å². The van der Waals surface area contributed by atoms with Crippen molar-refractivity contribution in [3.8, 4) is 0 Å². The first kappa shape index (κ1) is 14.3. The molecular weight excluding hydrogens is 271 g/mol. The maximum Gasteiger partial charge on any atom is 0.232 e. The fourth-order valence-corrected chi connectivity index (χ4v) is 4.03. The van der Waals surface area contributed by atoms with Crippen molar-refractivity contribution >= 4 is 31.6 Å². The maximum atomic E-state index is 12.3. The number of carbonyl (C=O) groups is 4. The molecule has 0 spiro atoms. The summed E-state index contributed by atoms with van der Waals surface area (Å²) in [6.07, 6.45) is 2.75. The molecule has 4 amide bonds. The second kappa shape index (κ2) is 4.96. The molecule has 112 valence electrons. The molecule has 3 aliphatic rings. The number of piperidine rings is 2. The summed E-state index contributed by atoms with van der Waals surface area (Å²) in [7, 11) is 3.04. The van der Waals surface area contributed by atoms with E-state index in [0.717, 1.165) is 0 Å². The van der Waals surface area contributed by atoms with Gasteiger partial charge in [-0.1, -0.05) is 0 Å². The predicted molar refractivity (Wildman–Crippen MR) is 75.2 cm³/mol. The molecule has 6 nitrogen and oxygen atoms in total. The van der Waals surface area contributed by atoms with E-state index in [1.807, 2.05) is 0 Å². The molecule has 21 heavy (non-hydrogen) atoms. The van der Waals surface area contributed by atoms with E-state index in [1.54, 1.807) is 0 Å². The lowest BCUT2D eigenvalue weighted by Gasteiger charge is -2.35. The fraction of sp³-hybridized carbons (Fsp3) is 0.714. The van der Waals surface area contributed by atoms with Gasteiger partial charge in [-0.05, 0) is 32.1 Å². The molecule has 3 rings (SSSR count). The third kappa shape index (κ3) is 2.19. The minimum absolute atomic E-state index is 0.139. The average molecular weight is 290 g/mol. The van der Waals surface area contributed by atoms with Gasteiger partial charge in [0.05, 0.1) is 0 Å². The van der Waals surface area contributed by atoms with Crippen molar-refractivity contribution in [2.45, 2.75) is 32.1 Å². The lowest BCUT2D eigenvalue weighted by Crippen LogP contribution is -2.50. The molecule has 0 aromatic heterocycles. The number of amides is 4. The largest absolute Gasteiger partial charge is 0.336 e. The highest BCUT2D eigenvalue weighted by atomic mass is 16.2. The molecule has 2 heterocycles. The van der Waals surface area contributed by atoms with E-state index in [1.165, 1.54) is 24.7 Å². The molecule has 4 bridgehead atoms. The fourth-order valence-electron chi connectivity index (χ4n) is 4.03. The summed E-state index contributed by atoms with van der Waals surface area (Å²) in [6, 6.07) is 0. The summed E-state index contributed by atoms with van der Waals surface area (Å²) < 4.78 is 0. The zero-order valence-electron chi connectivity index (χ0n) is 12.4. The van der Waals surface area contributed by atoms with Gasteiger partial charge in [0.2, 0.25) is 31.6 Å². The predicted octanol–water partition coefficient (Wildman–Crippen LogP) is -0.669. The van der Waals surface area contributed by atoms with Crippen LogP contribution in [0.25, 0.3) is 0 Å². The Bertz CT molecular complexity index is 489. The number of imide groups is 2. The second-order valence-electron chi connectivity index (χ2n) is 6.54. The van der Waals surface area contributed by atoms with Gasteiger partial charge in [-0.15, -0.1) is 0 Å². The highest BCUT2D eigenvalue weighted by Gasteiger charge is 2.46. The van der Waals surface area contributed by atoms with E-state index in [0.29, 0.717) is 32.1 Å². The Balaban J connectivity index is 1.93. The Hall–Kier alpha value is -1.66. The van der Waals surface area contributed by atoms with Crippen LogP contribution in [0.2, 0.25) is 0 Å². The monoisotopic (exact) mass is 290 g/mol. The highest BCUT2D eigenvalue weighted by molar-refractivity contribution is 6.26. The summed E-state index contributed by atoms with van der Waals surface area (Å²) >= 11 is 0. The first-order valence-electron chi connectivity index (χ1n) is 7.53. The number of hydrogen-bond acceptors (Lipinski definition) is 4. The van der Waals surface area contributed by atoms with Crippen molar-refractivity contribution in [3.05, 3.63) is 0 Å². The van der Waals surface area contributed by atoms with Crippen LogP contribution in [-0.4, -0.2) is 48.4 Å². The van der Waals surface area contributed by atoms with E-state index < -0.39 is 0 Å². The zero-order valence-corrected chi connectivity index (χ0v) is 12.4. The van der Waals surface area contributed by atoms with Crippen LogP contribution < -0.4 is 0 Å². The second-order valence-corrected chi connectivity index (χ2v) is 6.54. The van der Waals surface area contributed by atoms with E-state index in [2.05, 4.69) is 0 Å². The normalized spacial score (nSPS) is 37.2. The molecule has 7 heteroatoms. The van der Waals surface area contributed by atoms with Gasteiger partial charge >= 0.3 is 0 Å². The summed E-state index contributed by atoms with van der Waals surface area (Å²) in [5, 5.41) is 0. The quantitative estimate of drug-likeness (QED) is 0.438. The topological polar surface area (TPSA) is 74.8 Å².